The van der Waals surface area contributed by atoms with Crippen molar-refractivity contribution in [3.63, 3.8) is 0 Å². The molecule has 2 atom stereocenters. The number of likely N-dealkylation sites (tertiary alicyclic amines) is 1. The second kappa shape index (κ2) is 4.26. The largest absolute Gasteiger partial charge is 0.319 e. The van der Waals surface area contributed by atoms with Gasteiger partial charge in [-0.15, -0.1) is 4.91 Å². The highest BCUT2D eigenvalue weighted by molar-refractivity contribution is 5.83. The van der Waals surface area contributed by atoms with Crippen molar-refractivity contribution in [2.75, 3.05) is 6.54 Å². The summed E-state index contributed by atoms with van der Waals surface area (Å²) in [5.41, 5.74) is 5.57. The van der Waals surface area contributed by atoms with Crippen LogP contribution in [-0.2, 0) is 4.79 Å². The molecule has 1 aliphatic rings. The zero-order valence-electron chi connectivity index (χ0n) is 9.56. The molecular formula is C10H19N3O2. The van der Waals surface area contributed by atoms with Gasteiger partial charge in [0.2, 0.25) is 5.91 Å². The summed E-state index contributed by atoms with van der Waals surface area (Å²) in [6.45, 7) is 6.33. The lowest BCUT2D eigenvalue weighted by Gasteiger charge is -2.30. The third-order valence-corrected chi connectivity index (χ3v) is 2.82. The number of hydrogen-bond acceptors (Lipinski definition) is 4. The minimum absolute atomic E-state index is 0.162. The molecule has 15 heavy (non-hydrogen) atoms. The normalized spacial score (nSPS) is 24.0. The van der Waals surface area contributed by atoms with Gasteiger partial charge in [-0.3, -0.25) is 4.79 Å². The summed E-state index contributed by atoms with van der Waals surface area (Å²) in [6, 6.07) is -0.570. The van der Waals surface area contributed by atoms with Crippen LogP contribution in [0.15, 0.2) is 5.18 Å². The molecule has 0 aromatic rings. The molecule has 0 aromatic carbocycles. The molecule has 0 aromatic heterocycles. The van der Waals surface area contributed by atoms with Crippen molar-refractivity contribution in [3.8, 4) is 0 Å². The lowest BCUT2D eigenvalue weighted by atomic mass is 9.86. The summed E-state index contributed by atoms with van der Waals surface area (Å²) in [4.78, 5) is 24.0. The summed E-state index contributed by atoms with van der Waals surface area (Å²) in [5.74, 6) is -0.162. The van der Waals surface area contributed by atoms with Crippen LogP contribution in [0.2, 0.25) is 0 Å². The summed E-state index contributed by atoms with van der Waals surface area (Å²) in [6.07, 6.45) is 0.983. The van der Waals surface area contributed by atoms with Crippen LogP contribution in [0.4, 0.5) is 0 Å². The van der Waals surface area contributed by atoms with E-state index in [1.54, 1.807) is 0 Å². The first-order chi connectivity index (χ1) is 6.88. The van der Waals surface area contributed by atoms with Crippen molar-refractivity contribution in [1.29, 1.82) is 0 Å². The van der Waals surface area contributed by atoms with Gasteiger partial charge in [0, 0.05) is 6.54 Å². The lowest BCUT2D eigenvalue weighted by Crippen LogP contribution is -2.51. The molecule has 2 N–H and O–H groups in total. The molecule has 1 amide bonds. The van der Waals surface area contributed by atoms with Crippen molar-refractivity contribution in [1.82, 2.24) is 4.90 Å². The Morgan fingerprint density at radius 2 is 2.13 bits per heavy atom. The minimum atomic E-state index is -0.570. The van der Waals surface area contributed by atoms with Crippen molar-refractivity contribution in [3.05, 3.63) is 4.91 Å². The Hall–Kier alpha value is -0.970. The van der Waals surface area contributed by atoms with Crippen LogP contribution in [0.1, 0.15) is 33.6 Å². The van der Waals surface area contributed by atoms with E-state index in [0.29, 0.717) is 13.0 Å². The highest BCUT2D eigenvalue weighted by Crippen LogP contribution is 2.24. The number of nitrogens with zero attached hydrogens (tertiary/aromatic N) is 2. The van der Waals surface area contributed by atoms with Crippen molar-refractivity contribution in [2.24, 2.45) is 16.3 Å². The Balaban J connectivity index is 2.72. The van der Waals surface area contributed by atoms with E-state index in [1.807, 2.05) is 20.8 Å². The Kier molecular flexibility index (Phi) is 3.44. The molecule has 0 saturated carbocycles. The molecule has 1 aliphatic heterocycles. The Morgan fingerprint density at radius 3 is 2.60 bits per heavy atom. The van der Waals surface area contributed by atoms with Crippen molar-refractivity contribution >= 4 is 5.91 Å². The average Bonchev–Trinajstić information content (AvgIpc) is 2.61. The van der Waals surface area contributed by atoms with Crippen LogP contribution in [-0.4, -0.2) is 29.6 Å². The number of carbonyl (C=O) groups excluding carboxylic acids is 1. The van der Waals surface area contributed by atoms with Gasteiger partial charge in [0.25, 0.3) is 0 Å². The van der Waals surface area contributed by atoms with E-state index < -0.39 is 12.2 Å². The first-order valence-corrected chi connectivity index (χ1v) is 5.26. The maximum Gasteiger partial charge on any atom is 0.241 e. The molecule has 0 aliphatic carbocycles. The number of carbonyl (C=O) groups is 1. The Bertz CT molecular complexity index is 260. The quantitative estimate of drug-likeness (QED) is 0.697. The van der Waals surface area contributed by atoms with E-state index in [-0.39, 0.29) is 11.3 Å². The van der Waals surface area contributed by atoms with Gasteiger partial charge in [-0.05, 0) is 23.4 Å². The zero-order chi connectivity index (χ0) is 11.6. The Morgan fingerprint density at radius 1 is 1.53 bits per heavy atom. The summed E-state index contributed by atoms with van der Waals surface area (Å²) in [5, 5.41) is 2.95. The number of rotatable bonds is 2. The number of amides is 1. The summed E-state index contributed by atoms with van der Waals surface area (Å²) in [7, 11) is 0. The van der Waals surface area contributed by atoms with Crippen molar-refractivity contribution < 1.29 is 4.79 Å². The van der Waals surface area contributed by atoms with E-state index in [4.69, 9.17) is 5.73 Å². The molecule has 0 radical (unpaired) electrons. The Labute approximate surface area is 90.0 Å². The van der Waals surface area contributed by atoms with Crippen LogP contribution in [0, 0.1) is 10.3 Å². The van der Waals surface area contributed by atoms with Crippen LogP contribution < -0.4 is 5.73 Å². The van der Waals surface area contributed by atoms with Gasteiger partial charge < -0.3 is 10.6 Å². The summed E-state index contributed by atoms with van der Waals surface area (Å²) < 4.78 is 0. The van der Waals surface area contributed by atoms with Gasteiger partial charge >= 0.3 is 0 Å². The van der Waals surface area contributed by atoms with E-state index >= 15 is 0 Å². The molecule has 1 heterocycles. The van der Waals surface area contributed by atoms with Gasteiger partial charge in [0.1, 0.15) is 0 Å². The second-order valence-corrected chi connectivity index (χ2v) is 5.10. The van der Waals surface area contributed by atoms with Gasteiger partial charge in [-0.25, -0.2) is 0 Å². The van der Waals surface area contributed by atoms with E-state index in [1.165, 1.54) is 4.90 Å². The molecule has 5 nitrogen and oxygen atoms in total. The molecule has 1 fully saturated rings. The highest BCUT2D eigenvalue weighted by atomic mass is 16.3. The first-order valence-electron chi connectivity index (χ1n) is 5.26. The van der Waals surface area contributed by atoms with Gasteiger partial charge in [-0.2, -0.15) is 0 Å². The zero-order valence-corrected chi connectivity index (χ0v) is 9.56. The average molecular weight is 213 g/mol. The predicted molar refractivity (Wildman–Crippen MR) is 58.0 cm³/mol. The standard InChI is InChI=1S/C10H19N3O2/c1-10(2,3)8(11)9(14)13-6-4-5-7(13)12-15/h7-8H,4-6,11H2,1-3H3/t7-,8+/m0/s1. The molecule has 5 heteroatoms. The lowest BCUT2D eigenvalue weighted by molar-refractivity contribution is -0.135. The molecular weight excluding hydrogens is 194 g/mol. The fourth-order valence-corrected chi connectivity index (χ4v) is 1.66. The highest BCUT2D eigenvalue weighted by Gasteiger charge is 2.36. The van der Waals surface area contributed by atoms with Gasteiger partial charge in [0.15, 0.2) is 6.17 Å². The molecule has 0 bridgehead atoms. The predicted octanol–water partition coefficient (Wildman–Crippen LogP) is 1.07. The fourth-order valence-electron chi connectivity index (χ4n) is 1.66. The maximum absolute atomic E-state index is 12.0. The van der Waals surface area contributed by atoms with E-state index in [9.17, 15) is 9.70 Å². The van der Waals surface area contributed by atoms with Crippen LogP contribution in [0.3, 0.4) is 0 Å². The molecule has 86 valence electrons. The SMILES string of the molecule is CC(C)(C)[C@H](N)C(=O)N1CCC[C@H]1N=O. The third-order valence-electron chi connectivity index (χ3n) is 2.82. The molecule has 1 rings (SSSR count). The van der Waals surface area contributed by atoms with Crippen LogP contribution >= 0.6 is 0 Å². The van der Waals surface area contributed by atoms with Crippen molar-refractivity contribution in [2.45, 2.75) is 45.8 Å². The topological polar surface area (TPSA) is 75.8 Å². The fraction of sp³-hybridized carbons (Fsp3) is 0.900. The number of nitroso groups, excluding NO2 is 1. The number of nitrogens with two attached hydrogens (primary N) is 1. The maximum atomic E-state index is 12.0. The smallest absolute Gasteiger partial charge is 0.241 e. The van der Waals surface area contributed by atoms with Crippen LogP contribution in [0.5, 0.6) is 0 Å². The molecule has 0 unspecified atom stereocenters. The number of hydrogen-bond donors (Lipinski definition) is 1. The van der Waals surface area contributed by atoms with Gasteiger partial charge in [-0.1, -0.05) is 20.8 Å². The summed E-state index contributed by atoms with van der Waals surface area (Å²) >= 11 is 0. The first kappa shape index (κ1) is 12.1. The molecule has 0 spiro atoms. The minimum Gasteiger partial charge on any atom is -0.319 e. The van der Waals surface area contributed by atoms with Gasteiger partial charge in [0.05, 0.1) is 6.04 Å². The van der Waals surface area contributed by atoms with Crippen LogP contribution in [0.25, 0.3) is 0 Å². The van der Waals surface area contributed by atoms with E-state index in [2.05, 4.69) is 5.18 Å². The van der Waals surface area contributed by atoms with E-state index in [0.717, 1.165) is 6.42 Å². The third kappa shape index (κ3) is 2.53. The molecule has 1 saturated heterocycles. The second-order valence-electron chi connectivity index (χ2n) is 5.10. The monoisotopic (exact) mass is 213 g/mol.